The SMILES string of the molecule is Cc1ccc2nc(N3CCCC(O)C3)c(CN(C)Cc3cc(C)no3)cc2c1. The first-order chi connectivity index (χ1) is 13.5. The second-order valence-electron chi connectivity index (χ2n) is 8.02. The predicted octanol–water partition coefficient (Wildman–Crippen LogP) is 3.43. The Morgan fingerprint density at radius 1 is 1.21 bits per heavy atom. The average Bonchev–Trinajstić information content (AvgIpc) is 3.05. The van der Waals surface area contributed by atoms with E-state index in [9.17, 15) is 5.11 Å². The van der Waals surface area contributed by atoms with Gasteiger partial charge in [-0.1, -0.05) is 16.8 Å². The van der Waals surface area contributed by atoms with E-state index < -0.39 is 0 Å². The molecule has 0 bridgehead atoms. The molecule has 1 aliphatic heterocycles. The smallest absolute Gasteiger partial charge is 0.150 e. The minimum atomic E-state index is -0.285. The van der Waals surface area contributed by atoms with E-state index in [1.54, 1.807) is 0 Å². The Morgan fingerprint density at radius 3 is 2.82 bits per heavy atom. The summed E-state index contributed by atoms with van der Waals surface area (Å²) in [7, 11) is 2.08. The summed E-state index contributed by atoms with van der Waals surface area (Å²) in [6.45, 7) is 7.05. The first-order valence-electron chi connectivity index (χ1n) is 9.92. The molecule has 1 saturated heterocycles. The van der Waals surface area contributed by atoms with Crippen LogP contribution in [0, 0.1) is 13.8 Å². The van der Waals surface area contributed by atoms with Gasteiger partial charge in [-0.3, -0.25) is 4.90 Å². The highest BCUT2D eigenvalue weighted by atomic mass is 16.5. The fraction of sp³-hybridized carbons (Fsp3) is 0.455. The van der Waals surface area contributed by atoms with Gasteiger partial charge in [-0.05, 0) is 51.9 Å². The molecule has 0 radical (unpaired) electrons. The number of aromatic nitrogens is 2. The van der Waals surface area contributed by atoms with Crippen molar-refractivity contribution in [2.75, 3.05) is 25.0 Å². The van der Waals surface area contributed by atoms with Crippen molar-refractivity contribution >= 4 is 16.7 Å². The number of rotatable bonds is 5. The molecule has 3 heterocycles. The number of pyridine rings is 1. The van der Waals surface area contributed by atoms with Crippen molar-refractivity contribution in [2.24, 2.45) is 0 Å². The topological polar surface area (TPSA) is 65.6 Å². The van der Waals surface area contributed by atoms with Crippen LogP contribution in [0.4, 0.5) is 5.82 Å². The lowest BCUT2D eigenvalue weighted by Crippen LogP contribution is -2.39. The second kappa shape index (κ2) is 7.89. The van der Waals surface area contributed by atoms with Gasteiger partial charge in [0.25, 0.3) is 0 Å². The largest absolute Gasteiger partial charge is 0.391 e. The molecular weight excluding hydrogens is 352 g/mol. The number of benzene rings is 1. The first kappa shape index (κ1) is 18.9. The summed E-state index contributed by atoms with van der Waals surface area (Å²) in [6, 6.07) is 10.6. The van der Waals surface area contributed by atoms with Crippen LogP contribution in [0.15, 0.2) is 34.9 Å². The van der Waals surface area contributed by atoms with Gasteiger partial charge in [-0.2, -0.15) is 0 Å². The maximum Gasteiger partial charge on any atom is 0.150 e. The zero-order chi connectivity index (χ0) is 19.7. The molecule has 2 aromatic heterocycles. The lowest BCUT2D eigenvalue weighted by atomic mass is 10.1. The molecule has 1 aliphatic rings. The van der Waals surface area contributed by atoms with E-state index in [-0.39, 0.29) is 6.10 Å². The van der Waals surface area contributed by atoms with Crippen LogP contribution in [0.1, 0.15) is 35.4 Å². The van der Waals surface area contributed by atoms with Gasteiger partial charge in [-0.15, -0.1) is 0 Å². The molecule has 1 fully saturated rings. The highest BCUT2D eigenvalue weighted by Crippen LogP contribution is 2.28. The molecule has 4 rings (SSSR count). The molecule has 0 spiro atoms. The zero-order valence-electron chi connectivity index (χ0n) is 16.9. The Hall–Kier alpha value is -2.44. The average molecular weight is 380 g/mol. The van der Waals surface area contributed by atoms with Gasteiger partial charge < -0.3 is 14.5 Å². The van der Waals surface area contributed by atoms with E-state index in [1.165, 1.54) is 11.1 Å². The van der Waals surface area contributed by atoms with Gasteiger partial charge >= 0.3 is 0 Å². The van der Waals surface area contributed by atoms with Crippen LogP contribution in [-0.2, 0) is 13.1 Å². The third-order valence-corrected chi connectivity index (χ3v) is 5.27. The molecule has 3 aromatic rings. The molecule has 0 saturated carbocycles. The van der Waals surface area contributed by atoms with E-state index >= 15 is 0 Å². The maximum atomic E-state index is 10.2. The number of anilines is 1. The van der Waals surface area contributed by atoms with Gasteiger partial charge in [0.2, 0.25) is 0 Å². The summed E-state index contributed by atoms with van der Waals surface area (Å²) < 4.78 is 5.37. The Labute approximate surface area is 165 Å². The zero-order valence-corrected chi connectivity index (χ0v) is 16.9. The Bertz CT molecular complexity index is 968. The molecule has 148 valence electrons. The Kier molecular flexibility index (Phi) is 5.33. The van der Waals surface area contributed by atoms with Crippen LogP contribution < -0.4 is 4.90 Å². The summed E-state index contributed by atoms with van der Waals surface area (Å²) >= 11 is 0. The molecular formula is C22H28N4O2. The number of hydrogen-bond acceptors (Lipinski definition) is 6. The molecule has 1 atom stereocenters. The van der Waals surface area contributed by atoms with Crippen LogP contribution in [0.3, 0.4) is 0 Å². The number of fused-ring (bicyclic) bond motifs is 1. The summed E-state index contributed by atoms with van der Waals surface area (Å²) in [6.07, 6.45) is 1.57. The van der Waals surface area contributed by atoms with Crippen LogP contribution in [0.2, 0.25) is 0 Å². The standard InChI is InChI=1S/C22H28N4O2/c1-15-6-7-21-17(9-15)11-18(12-25(3)14-20-10-16(2)24-28-20)22(23-21)26-8-4-5-19(27)13-26/h6-7,9-11,19,27H,4-5,8,12-14H2,1-3H3. The second-order valence-corrected chi connectivity index (χ2v) is 8.02. The number of piperidine rings is 1. The van der Waals surface area contributed by atoms with Crippen LogP contribution >= 0.6 is 0 Å². The van der Waals surface area contributed by atoms with E-state index in [1.807, 2.05) is 13.0 Å². The number of β-amino-alcohol motifs (C(OH)–C–C–N with tert-alkyl or cyclic N) is 1. The van der Waals surface area contributed by atoms with Crippen molar-refractivity contribution in [1.29, 1.82) is 0 Å². The van der Waals surface area contributed by atoms with Crippen molar-refractivity contribution in [2.45, 2.75) is 45.9 Å². The third kappa shape index (κ3) is 4.18. The summed E-state index contributed by atoms with van der Waals surface area (Å²) in [5, 5.41) is 15.3. The maximum absolute atomic E-state index is 10.2. The molecule has 1 aromatic carbocycles. The molecule has 0 amide bonds. The minimum absolute atomic E-state index is 0.285. The van der Waals surface area contributed by atoms with E-state index in [0.717, 1.165) is 54.1 Å². The van der Waals surface area contributed by atoms with Gasteiger partial charge in [0.1, 0.15) is 5.82 Å². The summed E-state index contributed by atoms with van der Waals surface area (Å²) in [5.41, 5.74) is 4.30. The summed E-state index contributed by atoms with van der Waals surface area (Å²) in [5.74, 6) is 1.84. The number of aliphatic hydroxyl groups excluding tert-OH is 1. The molecule has 28 heavy (non-hydrogen) atoms. The van der Waals surface area contributed by atoms with Crippen LogP contribution in [0.25, 0.3) is 10.9 Å². The molecule has 0 aliphatic carbocycles. The van der Waals surface area contributed by atoms with E-state index in [0.29, 0.717) is 13.1 Å². The number of aliphatic hydroxyl groups is 1. The Morgan fingerprint density at radius 2 is 2.07 bits per heavy atom. The predicted molar refractivity (Wildman–Crippen MR) is 110 cm³/mol. The molecule has 1 unspecified atom stereocenters. The molecule has 6 heteroatoms. The minimum Gasteiger partial charge on any atom is -0.391 e. The Balaban J connectivity index is 1.66. The molecule has 1 N–H and O–H groups in total. The number of nitrogens with zero attached hydrogens (tertiary/aromatic N) is 4. The van der Waals surface area contributed by atoms with Crippen molar-refractivity contribution < 1.29 is 9.63 Å². The van der Waals surface area contributed by atoms with Gasteiger partial charge in [-0.25, -0.2) is 4.98 Å². The van der Waals surface area contributed by atoms with Crippen LogP contribution in [0.5, 0.6) is 0 Å². The lowest BCUT2D eigenvalue weighted by Gasteiger charge is -2.33. The van der Waals surface area contributed by atoms with E-state index in [4.69, 9.17) is 9.51 Å². The highest BCUT2D eigenvalue weighted by Gasteiger charge is 2.22. The number of hydrogen-bond donors (Lipinski definition) is 1. The van der Waals surface area contributed by atoms with Gasteiger partial charge in [0, 0.05) is 36.7 Å². The monoisotopic (exact) mass is 380 g/mol. The molecule has 6 nitrogen and oxygen atoms in total. The fourth-order valence-corrected chi connectivity index (χ4v) is 3.97. The van der Waals surface area contributed by atoms with Crippen molar-refractivity contribution in [3.05, 3.63) is 52.9 Å². The fourth-order valence-electron chi connectivity index (χ4n) is 3.97. The van der Waals surface area contributed by atoms with Crippen molar-refractivity contribution in [3.8, 4) is 0 Å². The van der Waals surface area contributed by atoms with E-state index in [2.05, 4.69) is 53.2 Å². The van der Waals surface area contributed by atoms with Crippen LogP contribution in [-0.4, -0.2) is 46.4 Å². The number of aryl methyl sites for hydroxylation is 2. The lowest BCUT2D eigenvalue weighted by molar-refractivity contribution is 0.153. The van der Waals surface area contributed by atoms with Gasteiger partial charge in [0.15, 0.2) is 5.76 Å². The van der Waals surface area contributed by atoms with Crippen molar-refractivity contribution in [3.63, 3.8) is 0 Å². The normalized spacial score (nSPS) is 17.6. The quantitative estimate of drug-likeness (QED) is 0.732. The first-order valence-corrected chi connectivity index (χ1v) is 9.92. The third-order valence-electron chi connectivity index (χ3n) is 5.27. The highest BCUT2D eigenvalue weighted by molar-refractivity contribution is 5.82. The van der Waals surface area contributed by atoms with Crippen molar-refractivity contribution in [1.82, 2.24) is 15.0 Å². The van der Waals surface area contributed by atoms with Gasteiger partial charge in [0.05, 0.1) is 23.9 Å². The summed E-state index contributed by atoms with van der Waals surface area (Å²) in [4.78, 5) is 9.43.